The number of sulfonamides is 1. The minimum Gasteiger partial charge on any atom is -0.388 e. The fourth-order valence-electron chi connectivity index (χ4n) is 3.42. The van der Waals surface area contributed by atoms with Gasteiger partial charge in [0, 0.05) is 37.9 Å². The zero-order chi connectivity index (χ0) is 15.0. The van der Waals surface area contributed by atoms with Crippen LogP contribution in [0.1, 0.15) is 19.8 Å². The van der Waals surface area contributed by atoms with E-state index in [-0.39, 0.29) is 6.04 Å². The molecule has 0 spiro atoms. The first-order valence-electron chi connectivity index (χ1n) is 7.56. The van der Waals surface area contributed by atoms with Crippen molar-refractivity contribution in [3.05, 3.63) is 24.3 Å². The molecule has 0 aromatic heterocycles. The van der Waals surface area contributed by atoms with E-state index in [1.807, 2.05) is 26.1 Å². The Balaban J connectivity index is 1.86. The number of nitrogens with one attached hydrogen (secondary N) is 1. The maximum absolute atomic E-state index is 12.9. The molecule has 2 heterocycles. The highest BCUT2D eigenvalue weighted by Crippen LogP contribution is 2.29. The van der Waals surface area contributed by atoms with Crippen molar-refractivity contribution in [3.8, 4) is 0 Å². The van der Waals surface area contributed by atoms with Crippen molar-refractivity contribution in [2.45, 2.75) is 36.7 Å². The molecule has 2 aliphatic heterocycles. The number of hydrogen-bond acceptors (Lipinski definition) is 4. The van der Waals surface area contributed by atoms with Crippen LogP contribution >= 0.6 is 0 Å². The summed E-state index contributed by atoms with van der Waals surface area (Å²) in [4.78, 5) is 2.82. The van der Waals surface area contributed by atoms with Crippen LogP contribution in [0.15, 0.2) is 29.2 Å². The van der Waals surface area contributed by atoms with Gasteiger partial charge in [0.2, 0.25) is 10.0 Å². The van der Waals surface area contributed by atoms with Gasteiger partial charge in [-0.05, 0) is 50.6 Å². The van der Waals surface area contributed by atoms with Gasteiger partial charge < -0.3 is 5.32 Å². The van der Waals surface area contributed by atoms with Gasteiger partial charge in [-0.1, -0.05) is 0 Å². The second-order valence-corrected chi connectivity index (χ2v) is 7.88. The zero-order valence-electron chi connectivity index (χ0n) is 12.6. The third-order valence-corrected chi connectivity index (χ3v) is 6.62. The molecule has 0 radical (unpaired) electrons. The van der Waals surface area contributed by atoms with Gasteiger partial charge in [0.25, 0.3) is 0 Å². The van der Waals surface area contributed by atoms with Gasteiger partial charge in [0.05, 0.1) is 4.90 Å². The van der Waals surface area contributed by atoms with Crippen LogP contribution in [0.4, 0.5) is 5.69 Å². The maximum Gasteiger partial charge on any atom is 0.243 e. The molecule has 21 heavy (non-hydrogen) atoms. The molecule has 2 saturated heterocycles. The lowest BCUT2D eigenvalue weighted by Gasteiger charge is -2.41. The number of benzene rings is 1. The van der Waals surface area contributed by atoms with E-state index in [9.17, 15) is 8.42 Å². The quantitative estimate of drug-likeness (QED) is 0.921. The van der Waals surface area contributed by atoms with Crippen molar-refractivity contribution in [2.24, 2.45) is 0 Å². The predicted octanol–water partition coefficient (Wildman–Crippen LogP) is 1.59. The summed E-state index contributed by atoms with van der Waals surface area (Å²) in [5, 5.41) is 3.01. The van der Waals surface area contributed by atoms with Crippen molar-refractivity contribution in [3.63, 3.8) is 0 Å². The van der Waals surface area contributed by atoms with E-state index in [1.165, 1.54) is 6.42 Å². The number of hydrogen-bond donors (Lipinski definition) is 1. The molecule has 1 N–H and O–H groups in total. The largest absolute Gasteiger partial charge is 0.388 e. The Hall–Kier alpha value is -1.11. The number of fused-ring (bicyclic) bond motifs is 1. The monoisotopic (exact) mass is 309 g/mol. The van der Waals surface area contributed by atoms with Crippen LogP contribution < -0.4 is 5.32 Å². The SMILES string of the molecule is CNc1ccc(S(=O)(=O)N2CC3CCCN3CC2C)cc1. The Morgan fingerprint density at radius 3 is 2.57 bits per heavy atom. The minimum absolute atomic E-state index is 0.0355. The lowest BCUT2D eigenvalue weighted by molar-refractivity contribution is 0.117. The maximum atomic E-state index is 12.9. The third-order valence-electron chi connectivity index (χ3n) is 4.63. The summed E-state index contributed by atoms with van der Waals surface area (Å²) >= 11 is 0. The fourth-order valence-corrected chi connectivity index (χ4v) is 5.08. The molecular formula is C15H23N3O2S. The van der Waals surface area contributed by atoms with E-state index in [4.69, 9.17) is 0 Å². The Morgan fingerprint density at radius 1 is 1.19 bits per heavy atom. The Kier molecular flexibility index (Phi) is 3.94. The molecule has 0 saturated carbocycles. The highest BCUT2D eigenvalue weighted by atomic mass is 32.2. The van der Waals surface area contributed by atoms with Crippen LogP contribution in [-0.4, -0.2) is 56.4 Å². The standard InChI is InChI=1S/C15H23N3O2S/c1-12-10-17-9-3-4-14(17)11-18(12)21(19,20)15-7-5-13(16-2)6-8-15/h5-8,12,14,16H,3-4,9-11H2,1-2H3. The van der Waals surface area contributed by atoms with Crippen LogP contribution in [-0.2, 0) is 10.0 Å². The van der Waals surface area contributed by atoms with E-state index < -0.39 is 10.0 Å². The third kappa shape index (κ3) is 2.67. The van der Waals surface area contributed by atoms with Crippen LogP contribution in [0.25, 0.3) is 0 Å². The van der Waals surface area contributed by atoms with E-state index in [1.54, 1.807) is 16.4 Å². The second-order valence-electron chi connectivity index (χ2n) is 5.99. The molecule has 5 nitrogen and oxygen atoms in total. The molecule has 116 valence electrons. The summed E-state index contributed by atoms with van der Waals surface area (Å²) < 4.78 is 27.4. The molecule has 2 fully saturated rings. The minimum atomic E-state index is -3.40. The number of piperazine rings is 1. The van der Waals surface area contributed by atoms with Crippen molar-refractivity contribution in [2.75, 3.05) is 32.0 Å². The molecule has 0 amide bonds. The molecule has 3 rings (SSSR count). The number of anilines is 1. The summed E-state index contributed by atoms with van der Waals surface area (Å²) in [5.74, 6) is 0. The van der Waals surface area contributed by atoms with Crippen molar-refractivity contribution in [1.29, 1.82) is 0 Å². The Labute approximate surface area is 127 Å². The first-order valence-corrected chi connectivity index (χ1v) is 9.00. The van der Waals surface area contributed by atoms with Crippen LogP contribution in [0.3, 0.4) is 0 Å². The van der Waals surface area contributed by atoms with E-state index in [0.29, 0.717) is 17.5 Å². The highest BCUT2D eigenvalue weighted by Gasteiger charge is 2.40. The Bertz CT molecular complexity index is 600. The van der Waals surface area contributed by atoms with Crippen molar-refractivity contribution in [1.82, 2.24) is 9.21 Å². The smallest absolute Gasteiger partial charge is 0.243 e. The summed E-state index contributed by atoms with van der Waals surface area (Å²) in [5.41, 5.74) is 0.919. The topological polar surface area (TPSA) is 52.7 Å². The predicted molar refractivity (Wildman–Crippen MR) is 83.9 cm³/mol. The summed E-state index contributed by atoms with van der Waals surface area (Å²) in [7, 11) is -1.57. The molecule has 0 bridgehead atoms. The summed E-state index contributed by atoms with van der Waals surface area (Å²) in [6.45, 7) is 4.59. The van der Waals surface area contributed by atoms with E-state index in [2.05, 4.69) is 10.2 Å². The molecule has 2 atom stereocenters. The van der Waals surface area contributed by atoms with E-state index >= 15 is 0 Å². The van der Waals surface area contributed by atoms with Gasteiger partial charge in [0.15, 0.2) is 0 Å². The first-order chi connectivity index (χ1) is 10.0. The van der Waals surface area contributed by atoms with Gasteiger partial charge in [0.1, 0.15) is 0 Å². The number of rotatable bonds is 3. The summed E-state index contributed by atoms with van der Waals surface area (Å²) in [6, 6.07) is 7.43. The van der Waals surface area contributed by atoms with Gasteiger partial charge in [-0.2, -0.15) is 4.31 Å². The molecule has 2 aliphatic rings. The highest BCUT2D eigenvalue weighted by molar-refractivity contribution is 7.89. The van der Waals surface area contributed by atoms with Crippen molar-refractivity contribution < 1.29 is 8.42 Å². The van der Waals surface area contributed by atoms with Crippen molar-refractivity contribution >= 4 is 15.7 Å². The molecule has 1 aromatic rings. The normalized spacial score (nSPS) is 27.5. The van der Waals surface area contributed by atoms with Crippen LogP contribution in [0.2, 0.25) is 0 Å². The van der Waals surface area contributed by atoms with E-state index in [0.717, 1.165) is 25.2 Å². The lowest BCUT2D eigenvalue weighted by atomic mass is 10.1. The van der Waals surface area contributed by atoms with Gasteiger partial charge in [-0.15, -0.1) is 0 Å². The van der Waals surface area contributed by atoms with Gasteiger partial charge >= 0.3 is 0 Å². The molecule has 6 heteroatoms. The molecular weight excluding hydrogens is 286 g/mol. The van der Waals surface area contributed by atoms with Gasteiger partial charge in [-0.3, -0.25) is 4.90 Å². The second kappa shape index (κ2) is 5.59. The van der Waals surface area contributed by atoms with Crippen LogP contribution in [0, 0.1) is 0 Å². The molecule has 0 aliphatic carbocycles. The number of nitrogens with zero attached hydrogens (tertiary/aromatic N) is 2. The average molecular weight is 309 g/mol. The zero-order valence-corrected chi connectivity index (χ0v) is 13.4. The van der Waals surface area contributed by atoms with Crippen LogP contribution in [0.5, 0.6) is 0 Å². The lowest BCUT2D eigenvalue weighted by Crippen LogP contribution is -2.56. The molecule has 2 unspecified atom stereocenters. The first kappa shape index (κ1) is 14.8. The molecule has 1 aromatic carbocycles. The fraction of sp³-hybridized carbons (Fsp3) is 0.600. The average Bonchev–Trinajstić information content (AvgIpc) is 2.93. The Morgan fingerprint density at radius 2 is 1.90 bits per heavy atom. The van der Waals surface area contributed by atoms with Gasteiger partial charge in [-0.25, -0.2) is 8.42 Å². The summed E-state index contributed by atoms with van der Waals surface area (Å²) in [6.07, 6.45) is 2.29.